The van der Waals surface area contributed by atoms with Crippen LogP contribution in [0.4, 0.5) is 0 Å². The van der Waals surface area contributed by atoms with E-state index in [9.17, 15) is 8.42 Å². The van der Waals surface area contributed by atoms with Crippen molar-refractivity contribution < 1.29 is 17.6 Å². The zero-order chi connectivity index (χ0) is 22.0. The van der Waals surface area contributed by atoms with Gasteiger partial charge in [0.2, 0.25) is 0 Å². The zero-order valence-corrected chi connectivity index (χ0v) is 18.6. The van der Waals surface area contributed by atoms with E-state index >= 15 is 0 Å². The molecule has 0 atom stereocenters. The molecule has 0 radical (unpaired) electrons. The van der Waals surface area contributed by atoms with Gasteiger partial charge in [-0.25, -0.2) is 13.4 Å². The highest BCUT2D eigenvalue weighted by molar-refractivity contribution is 7.90. The number of nitrogens with zero attached hydrogens (tertiary/aromatic N) is 1. The van der Waals surface area contributed by atoms with Crippen molar-refractivity contribution in [2.24, 2.45) is 0 Å². The van der Waals surface area contributed by atoms with Gasteiger partial charge in [0.1, 0.15) is 11.4 Å². The summed E-state index contributed by atoms with van der Waals surface area (Å²) in [6, 6.07) is 21.8. The third-order valence-corrected chi connectivity index (χ3v) is 6.29. The van der Waals surface area contributed by atoms with E-state index in [0.29, 0.717) is 40.1 Å². The minimum Gasteiger partial charge on any atom is -0.497 e. The average Bonchev–Trinajstić information content (AvgIpc) is 3.17. The van der Waals surface area contributed by atoms with Gasteiger partial charge in [-0.1, -0.05) is 54.1 Å². The third-order valence-electron chi connectivity index (χ3n) is 4.85. The van der Waals surface area contributed by atoms with Crippen LogP contribution >= 0.6 is 11.6 Å². The Balaban J connectivity index is 1.82. The predicted molar refractivity (Wildman–Crippen MR) is 121 cm³/mol. The summed E-state index contributed by atoms with van der Waals surface area (Å²) in [6.45, 7) is 0. The number of rotatable bonds is 6. The Morgan fingerprint density at radius 1 is 1.00 bits per heavy atom. The molecule has 7 heteroatoms. The summed E-state index contributed by atoms with van der Waals surface area (Å²) < 4.78 is 35.0. The molecule has 0 aliphatic heterocycles. The van der Waals surface area contributed by atoms with Gasteiger partial charge in [-0.3, -0.25) is 0 Å². The molecule has 0 amide bonds. The lowest BCUT2D eigenvalue weighted by Crippen LogP contribution is -1.96. The van der Waals surface area contributed by atoms with E-state index in [1.165, 1.54) is 6.26 Å². The monoisotopic (exact) mass is 453 g/mol. The summed E-state index contributed by atoms with van der Waals surface area (Å²) in [5, 5.41) is 0.468. The number of halogens is 1. The molecule has 0 bridgehead atoms. The highest BCUT2D eigenvalue weighted by Crippen LogP contribution is 2.38. The predicted octanol–water partition coefficient (Wildman–Crippen LogP) is 5.66. The second-order valence-corrected chi connectivity index (χ2v) is 9.51. The molecular formula is C24H20ClNO4S. The Kier molecular flexibility index (Phi) is 5.85. The van der Waals surface area contributed by atoms with Gasteiger partial charge >= 0.3 is 0 Å². The summed E-state index contributed by atoms with van der Waals surface area (Å²) in [4.78, 5) is 4.97. The van der Waals surface area contributed by atoms with E-state index < -0.39 is 9.84 Å². The first-order chi connectivity index (χ1) is 14.8. The number of hydrogen-bond acceptors (Lipinski definition) is 5. The van der Waals surface area contributed by atoms with Gasteiger partial charge in [-0.05, 0) is 35.9 Å². The van der Waals surface area contributed by atoms with Gasteiger partial charge in [-0.2, -0.15) is 0 Å². The fraction of sp³-hybridized carbons (Fsp3) is 0.125. The van der Waals surface area contributed by atoms with E-state index in [2.05, 4.69) is 0 Å². The molecule has 31 heavy (non-hydrogen) atoms. The quantitative estimate of drug-likeness (QED) is 0.376. The van der Waals surface area contributed by atoms with E-state index in [1.54, 1.807) is 43.5 Å². The van der Waals surface area contributed by atoms with Crippen molar-refractivity contribution in [1.29, 1.82) is 0 Å². The lowest BCUT2D eigenvalue weighted by Gasteiger charge is -2.07. The van der Waals surface area contributed by atoms with E-state index in [-0.39, 0.29) is 4.90 Å². The van der Waals surface area contributed by atoms with E-state index in [1.807, 2.05) is 36.4 Å². The molecule has 0 spiro atoms. The van der Waals surface area contributed by atoms with Crippen LogP contribution in [0.25, 0.3) is 22.6 Å². The summed E-state index contributed by atoms with van der Waals surface area (Å²) in [7, 11) is -1.72. The average molecular weight is 454 g/mol. The Morgan fingerprint density at radius 2 is 1.71 bits per heavy atom. The van der Waals surface area contributed by atoms with E-state index in [4.69, 9.17) is 25.7 Å². The van der Waals surface area contributed by atoms with Gasteiger partial charge in [0.15, 0.2) is 21.5 Å². The standard InChI is InChI=1S/C24H20ClNO4S/c1-29-18-10-13-20(21(25)15-18)24-23(17-8-11-19(12-9-17)31(2,27)28)26-22(30-24)14-16-6-4-3-5-7-16/h3-13,15H,14H2,1-2H3. The molecule has 1 heterocycles. The number of sulfone groups is 1. The molecule has 0 N–H and O–H groups in total. The molecule has 4 aromatic rings. The lowest BCUT2D eigenvalue weighted by atomic mass is 10.1. The van der Waals surface area contributed by atoms with Crippen molar-refractivity contribution in [1.82, 2.24) is 4.98 Å². The van der Waals surface area contributed by atoms with Gasteiger partial charge < -0.3 is 9.15 Å². The second-order valence-electron chi connectivity index (χ2n) is 7.09. The van der Waals surface area contributed by atoms with Crippen LogP contribution in [0.5, 0.6) is 5.75 Å². The first-order valence-electron chi connectivity index (χ1n) is 9.53. The van der Waals surface area contributed by atoms with Crippen molar-refractivity contribution >= 4 is 21.4 Å². The Bertz CT molecular complexity index is 1310. The fourth-order valence-electron chi connectivity index (χ4n) is 3.26. The minimum atomic E-state index is -3.29. The fourth-order valence-corrected chi connectivity index (χ4v) is 4.14. The number of aromatic nitrogens is 1. The molecule has 0 saturated heterocycles. The van der Waals surface area contributed by atoms with E-state index in [0.717, 1.165) is 11.1 Å². The Labute approximate surface area is 186 Å². The molecular weight excluding hydrogens is 434 g/mol. The van der Waals surface area contributed by atoms with Crippen LogP contribution in [0, 0.1) is 0 Å². The highest BCUT2D eigenvalue weighted by atomic mass is 35.5. The number of methoxy groups -OCH3 is 1. The topological polar surface area (TPSA) is 69.4 Å². The first-order valence-corrected chi connectivity index (χ1v) is 11.8. The SMILES string of the molecule is COc1ccc(-c2oc(Cc3ccccc3)nc2-c2ccc(S(C)(=O)=O)cc2)c(Cl)c1. The summed E-state index contributed by atoms with van der Waals surface area (Å²) >= 11 is 6.51. The lowest BCUT2D eigenvalue weighted by molar-refractivity contribution is 0.415. The largest absolute Gasteiger partial charge is 0.497 e. The van der Waals surface area contributed by atoms with Crippen LogP contribution < -0.4 is 4.74 Å². The van der Waals surface area contributed by atoms with Crippen molar-refractivity contribution in [2.75, 3.05) is 13.4 Å². The molecule has 5 nitrogen and oxygen atoms in total. The second kappa shape index (κ2) is 8.57. The normalized spacial score (nSPS) is 11.5. The number of hydrogen-bond donors (Lipinski definition) is 0. The van der Waals surface area contributed by atoms with Gasteiger partial charge in [-0.15, -0.1) is 0 Å². The molecule has 0 aliphatic carbocycles. The molecule has 4 rings (SSSR count). The maximum Gasteiger partial charge on any atom is 0.199 e. The van der Waals surface area contributed by atoms with Crippen LogP contribution in [0.2, 0.25) is 5.02 Å². The molecule has 158 valence electrons. The first kappa shape index (κ1) is 21.2. The van der Waals surface area contributed by atoms with Crippen LogP contribution in [0.15, 0.2) is 82.1 Å². The van der Waals surface area contributed by atoms with Crippen LogP contribution in [0.3, 0.4) is 0 Å². The molecule has 3 aromatic carbocycles. The molecule has 0 unspecified atom stereocenters. The Hall–Kier alpha value is -3.09. The molecule has 0 aliphatic rings. The van der Waals surface area contributed by atoms with Crippen molar-refractivity contribution in [2.45, 2.75) is 11.3 Å². The van der Waals surface area contributed by atoms with Gasteiger partial charge in [0, 0.05) is 23.8 Å². The molecule has 0 saturated carbocycles. The highest BCUT2D eigenvalue weighted by Gasteiger charge is 2.20. The van der Waals surface area contributed by atoms with Crippen LogP contribution in [0.1, 0.15) is 11.5 Å². The third kappa shape index (κ3) is 4.65. The molecule has 1 aromatic heterocycles. The zero-order valence-electron chi connectivity index (χ0n) is 17.0. The summed E-state index contributed by atoms with van der Waals surface area (Å²) in [5.41, 5.74) is 3.07. The maximum absolute atomic E-state index is 11.8. The van der Waals surface area contributed by atoms with Gasteiger partial charge in [0.25, 0.3) is 0 Å². The molecule has 0 fully saturated rings. The Morgan fingerprint density at radius 3 is 2.32 bits per heavy atom. The number of ether oxygens (including phenoxy) is 1. The van der Waals surface area contributed by atoms with Crippen molar-refractivity contribution in [3.05, 3.63) is 89.3 Å². The maximum atomic E-state index is 11.8. The minimum absolute atomic E-state index is 0.244. The van der Waals surface area contributed by atoms with Gasteiger partial charge in [0.05, 0.1) is 17.0 Å². The van der Waals surface area contributed by atoms with Crippen LogP contribution in [-0.2, 0) is 16.3 Å². The number of oxazole rings is 1. The number of benzene rings is 3. The summed E-state index contributed by atoms with van der Waals surface area (Å²) in [5.74, 6) is 1.69. The smallest absolute Gasteiger partial charge is 0.199 e. The van der Waals surface area contributed by atoms with Crippen LogP contribution in [-0.4, -0.2) is 26.8 Å². The van der Waals surface area contributed by atoms with Crippen molar-refractivity contribution in [3.8, 4) is 28.3 Å². The summed E-state index contributed by atoms with van der Waals surface area (Å²) in [6.07, 6.45) is 1.70. The van der Waals surface area contributed by atoms with Crippen molar-refractivity contribution in [3.63, 3.8) is 0 Å².